The summed E-state index contributed by atoms with van der Waals surface area (Å²) >= 11 is 18.8. The Balaban J connectivity index is 2.10. The van der Waals surface area contributed by atoms with Gasteiger partial charge in [0.15, 0.2) is 0 Å². The average Bonchev–Trinajstić information content (AvgIpc) is 2.89. The van der Waals surface area contributed by atoms with Gasteiger partial charge in [-0.15, -0.1) is 0 Å². The molecule has 0 aliphatic rings. The van der Waals surface area contributed by atoms with E-state index in [-0.39, 0.29) is 28.1 Å². The minimum Gasteiger partial charge on any atom is -0.355 e. The van der Waals surface area contributed by atoms with E-state index in [9.17, 15) is 18.0 Å². The highest BCUT2D eigenvalue weighted by atomic mass is 35.5. The van der Waals surface area contributed by atoms with E-state index in [2.05, 4.69) is 5.32 Å². The van der Waals surface area contributed by atoms with Crippen molar-refractivity contribution in [1.29, 1.82) is 0 Å². The quantitative estimate of drug-likeness (QED) is 0.304. The van der Waals surface area contributed by atoms with Gasteiger partial charge in [-0.1, -0.05) is 78.1 Å². The Kier molecular flexibility index (Phi) is 10.4. The molecule has 1 N–H and O–H groups in total. The summed E-state index contributed by atoms with van der Waals surface area (Å²) in [6.45, 7) is 3.32. The van der Waals surface area contributed by atoms with Crippen LogP contribution >= 0.6 is 34.8 Å². The van der Waals surface area contributed by atoms with Gasteiger partial charge in [0, 0.05) is 23.1 Å². The maximum atomic E-state index is 13.9. The van der Waals surface area contributed by atoms with Crippen molar-refractivity contribution in [2.24, 2.45) is 0 Å². The zero-order chi connectivity index (χ0) is 27.9. The number of hydrogen-bond acceptors (Lipinski definition) is 4. The molecule has 0 aromatic heterocycles. The van der Waals surface area contributed by atoms with E-state index in [4.69, 9.17) is 34.8 Å². The summed E-state index contributed by atoms with van der Waals surface area (Å²) in [4.78, 5) is 28.2. The summed E-state index contributed by atoms with van der Waals surface area (Å²) in [5.74, 6) is -0.953. The predicted molar refractivity (Wildman–Crippen MR) is 152 cm³/mol. The summed E-state index contributed by atoms with van der Waals surface area (Å²) in [7, 11) is -4.23. The van der Waals surface area contributed by atoms with Gasteiger partial charge >= 0.3 is 0 Å². The second-order valence-corrected chi connectivity index (χ2v) is 11.5. The van der Waals surface area contributed by atoms with Crippen molar-refractivity contribution >= 4 is 62.3 Å². The van der Waals surface area contributed by atoms with Crippen LogP contribution in [-0.2, 0) is 26.2 Å². The van der Waals surface area contributed by atoms with Crippen LogP contribution in [0.1, 0.15) is 25.8 Å². The van der Waals surface area contributed by atoms with Crippen LogP contribution in [0.2, 0.25) is 15.1 Å². The van der Waals surface area contributed by atoms with Gasteiger partial charge in [0.2, 0.25) is 11.8 Å². The summed E-state index contributed by atoms with van der Waals surface area (Å²) in [6, 6.07) is 18.2. The molecule has 0 bridgehead atoms. The van der Waals surface area contributed by atoms with Gasteiger partial charge < -0.3 is 10.2 Å². The Labute approximate surface area is 238 Å². The van der Waals surface area contributed by atoms with E-state index in [1.54, 1.807) is 56.3 Å². The van der Waals surface area contributed by atoms with Crippen LogP contribution in [0, 0.1) is 0 Å². The molecule has 0 aliphatic heterocycles. The van der Waals surface area contributed by atoms with Crippen molar-refractivity contribution in [3.8, 4) is 0 Å². The molecule has 0 heterocycles. The molecule has 0 saturated heterocycles. The number of halogens is 3. The Hall–Kier alpha value is -2.78. The van der Waals surface area contributed by atoms with Crippen molar-refractivity contribution in [3.05, 3.63) is 93.4 Å². The molecule has 7 nitrogen and oxygen atoms in total. The standard InChI is InChI=1S/C27H28Cl3N3O4S/c1-3-24(27(35)31-4-2)32(17-19-10-8-9-13-22(19)29)26(34)18-33(25-15-14-20(28)16-23(25)30)38(36,37)21-11-6-5-7-12-21/h5-16,24H,3-4,17-18H2,1-2H3,(H,31,35)/t24-/m1/s1. The molecule has 3 rings (SSSR count). The fraction of sp³-hybridized carbons (Fsp3) is 0.259. The van der Waals surface area contributed by atoms with Gasteiger partial charge in [-0.25, -0.2) is 8.42 Å². The highest BCUT2D eigenvalue weighted by Gasteiger charge is 2.34. The van der Waals surface area contributed by atoms with Gasteiger partial charge in [0.25, 0.3) is 10.0 Å². The minimum atomic E-state index is -4.23. The monoisotopic (exact) mass is 595 g/mol. The van der Waals surface area contributed by atoms with Gasteiger partial charge in [-0.05, 0) is 55.3 Å². The Bertz CT molecular complexity index is 1390. The smallest absolute Gasteiger partial charge is 0.264 e. The number of sulfonamides is 1. The maximum Gasteiger partial charge on any atom is 0.264 e. The molecule has 3 aromatic carbocycles. The van der Waals surface area contributed by atoms with Crippen LogP contribution in [0.15, 0.2) is 77.7 Å². The van der Waals surface area contributed by atoms with E-state index in [0.29, 0.717) is 28.6 Å². The molecule has 3 aromatic rings. The average molecular weight is 597 g/mol. The van der Waals surface area contributed by atoms with E-state index >= 15 is 0 Å². The van der Waals surface area contributed by atoms with Crippen molar-refractivity contribution in [2.75, 3.05) is 17.4 Å². The lowest BCUT2D eigenvalue weighted by Crippen LogP contribution is -2.52. The second-order valence-electron chi connectivity index (χ2n) is 8.35. The van der Waals surface area contributed by atoms with Gasteiger partial charge in [0.1, 0.15) is 12.6 Å². The SMILES string of the molecule is CCNC(=O)[C@@H](CC)N(Cc1ccccc1Cl)C(=O)CN(c1ccc(Cl)cc1Cl)S(=O)(=O)c1ccccc1. The van der Waals surface area contributed by atoms with Crippen LogP contribution in [0.3, 0.4) is 0 Å². The molecule has 38 heavy (non-hydrogen) atoms. The molecular weight excluding hydrogens is 569 g/mol. The number of carbonyl (C=O) groups excluding carboxylic acids is 2. The Morgan fingerprint density at radius 3 is 2.16 bits per heavy atom. The molecule has 0 unspecified atom stereocenters. The number of hydrogen-bond donors (Lipinski definition) is 1. The fourth-order valence-corrected chi connectivity index (χ4v) is 6.15. The van der Waals surface area contributed by atoms with E-state index in [1.165, 1.54) is 35.2 Å². The van der Waals surface area contributed by atoms with E-state index < -0.39 is 28.5 Å². The third-order valence-corrected chi connectivity index (χ3v) is 8.50. The number of benzene rings is 3. The summed E-state index contributed by atoms with van der Waals surface area (Å²) < 4.78 is 28.5. The molecule has 1 atom stereocenters. The number of rotatable bonds is 11. The molecular formula is C27H28Cl3N3O4S. The van der Waals surface area contributed by atoms with Crippen LogP contribution in [-0.4, -0.2) is 44.3 Å². The topological polar surface area (TPSA) is 86.8 Å². The summed E-state index contributed by atoms with van der Waals surface area (Å²) in [5, 5.41) is 3.54. The predicted octanol–water partition coefficient (Wildman–Crippen LogP) is 5.79. The third-order valence-electron chi connectivity index (χ3n) is 5.82. The third kappa shape index (κ3) is 6.99. The molecule has 2 amide bonds. The van der Waals surface area contributed by atoms with Crippen molar-refractivity contribution in [2.45, 2.75) is 37.8 Å². The minimum absolute atomic E-state index is 0.00171. The normalized spacial score (nSPS) is 12.0. The highest BCUT2D eigenvalue weighted by molar-refractivity contribution is 7.92. The number of nitrogens with one attached hydrogen (secondary N) is 1. The fourth-order valence-electron chi connectivity index (χ4n) is 3.94. The molecule has 202 valence electrons. The second kappa shape index (κ2) is 13.3. The van der Waals surface area contributed by atoms with Crippen molar-refractivity contribution < 1.29 is 18.0 Å². The molecule has 0 spiro atoms. The number of likely N-dealkylation sites (N-methyl/N-ethyl adjacent to an activating group) is 1. The van der Waals surface area contributed by atoms with Crippen molar-refractivity contribution in [1.82, 2.24) is 10.2 Å². The Morgan fingerprint density at radius 1 is 0.895 bits per heavy atom. The molecule has 0 radical (unpaired) electrons. The first-order valence-electron chi connectivity index (χ1n) is 11.9. The van der Waals surface area contributed by atoms with E-state index in [1.807, 2.05) is 0 Å². The molecule has 0 fully saturated rings. The summed E-state index contributed by atoms with van der Waals surface area (Å²) in [6.07, 6.45) is 0.301. The zero-order valence-electron chi connectivity index (χ0n) is 20.9. The molecule has 0 aliphatic carbocycles. The van der Waals surface area contributed by atoms with Crippen LogP contribution < -0.4 is 9.62 Å². The van der Waals surface area contributed by atoms with Crippen LogP contribution in [0.4, 0.5) is 5.69 Å². The van der Waals surface area contributed by atoms with Gasteiger partial charge in [-0.2, -0.15) is 0 Å². The molecule has 11 heteroatoms. The first-order valence-corrected chi connectivity index (χ1v) is 14.5. The first kappa shape index (κ1) is 29.8. The zero-order valence-corrected chi connectivity index (χ0v) is 24.0. The number of amides is 2. The lowest BCUT2D eigenvalue weighted by Gasteiger charge is -2.33. The largest absolute Gasteiger partial charge is 0.355 e. The maximum absolute atomic E-state index is 13.9. The number of anilines is 1. The lowest BCUT2D eigenvalue weighted by atomic mass is 10.1. The van der Waals surface area contributed by atoms with Crippen LogP contribution in [0.25, 0.3) is 0 Å². The van der Waals surface area contributed by atoms with E-state index in [0.717, 1.165) is 4.31 Å². The lowest BCUT2D eigenvalue weighted by molar-refractivity contribution is -0.140. The first-order chi connectivity index (χ1) is 18.1. The Morgan fingerprint density at radius 2 is 1.55 bits per heavy atom. The highest BCUT2D eigenvalue weighted by Crippen LogP contribution is 2.33. The van der Waals surface area contributed by atoms with Gasteiger partial charge in [0.05, 0.1) is 15.6 Å². The number of nitrogens with zero attached hydrogens (tertiary/aromatic N) is 2. The van der Waals surface area contributed by atoms with Crippen molar-refractivity contribution in [3.63, 3.8) is 0 Å². The van der Waals surface area contributed by atoms with Gasteiger partial charge in [-0.3, -0.25) is 13.9 Å². The molecule has 0 saturated carbocycles. The summed E-state index contributed by atoms with van der Waals surface area (Å²) in [5.41, 5.74) is 0.698. The number of carbonyl (C=O) groups is 2. The van der Waals surface area contributed by atoms with Crippen LogP contribution in [0.5, 0.6) is 0 Å².